The van der Waals surface area contributed by atoms with E-state index in [1.165, 1.54) is 0 Å². The SMILES string of the molecule is C=C(C)CC(C)C(=O)NC1CCC(C(=O)O)CC1. The van der Waals surface area contributed by atoms with Crippen LogP contribution in [0.4, 0.5) is 0 Å². The molecule has 1 saturated carbocycles. The van der Waals surface area contributed by atoms with Crippen molar-refractivity contribution in [2.24, 2.45) is 11.8 Å². The van der Waals surface area contributed by atoms with Crippen molar-refractivity contribution in [2.45, 2.75) is 52.0 Å². The Morgan fingerprint density at radius 1 is 1.33 bits per heavy atom. The predicted molar refractivity (Wildman–Crippen MR) is 70.1 cm³/mol. The smallest absolute Gasteiger partial charge is 0.306 e. The number of carboxylic acid groups (broad SMARTS) is 1. The fourth-order valence-electron chi connectivity index (χ4n) is 2.44. The van der Waals surface area contributed by atoms with Crippen LogP contribution in [-0.4, -0.2) is 23.0 Å². The molecule has 102 valence electrons. The Kier molecular flexibility index (Phi) is 5.38. The second-order valence-electron chi connectivity index (χ2n) is 5.46. The van der Waals surface area contributed by atoms with Gasteiger partial charge in [-0.2, -0.15) is 0 Å². The van der Waals surface area contributed by atoms with E-state index in [9.17, 15) is 9.59 Å². The summed E-state index contributed by atoms with van der Waals surface area (Å²) in [7, 11) is 0. The third kappa shape index (κ3) is 4.51. The molecule has 2 N–H and O–H groups in total. The quantitative estimate of drug-likeness (QED) is 0.739. The van der Waals surface area contributed by atoms with Gasteiger partial charge in [0.2, 0.25) is 5.91 Å². The van der Waals surface area contributed by atoms with Crippen molar-refractivity contribution in [2.75, 3.05) is 0 Å². The first-order valence-electron chi connectivity index (χ1n) is 6.57. The van der Waals surface area contributed by atoms with E-state index < -0.39 is 5.97 Å². The van der Waals surface area contributed by atoms with Crippen LogP contribution in [0.15, 0.2) is 12.2 Å². The van der Waals surface area contributed by atoms with Gasteiger partial charge in [-0.05, 0) is 39.0 Å². The molecule has 0 spiro atoms. The number of rotatable bonds is 5. The number of hydrogen-bond donors (Lipinski definition) is 2. The minimum Gasteiger partial charge on any atom is -0.481 e. The molecule has 0 radical (unpaired) electrons. The fourth-order valence-corrected chi connectivity index (χ4v) is 2.44. The van der Waals surface area contributed by atoms with Crippen LogP contribution >= 0.6 is 0 Å². The summed E-state index contributed by atoms with van der Waals surface area (Å²) in [6.07, 6.45) is 3.56. The average molecular weight is 253 g/mol. The highest BCUT2D eigenvalue weighted by Crippen LogP contribution is 2.24. The van der Waals surface area contributed by atoms with Crippen molar-refractivity contribution in [3.8, 4) is 0 Å². The Bertz CT molecular complexity index is 330. The topological polar surface area (TPSA) is 66.4 Å². The molecular weight excluding hydrogens is 230 g/mol. The number of carboxylic acids is 1. The molecule has 1 fully saturated rings. The van der Waals surface area contributed by atoms with Crippen LogP contribution < -0.4 is 5.32 Å². The highest BCUT2D eigenvalue weighted by Gasteiger charge is 2.27. The molecule has 0 bridgehead atoms. The van der Waals surface area contributed by atoms with E-state index in [4.69, 9.17) is 5.11 Å². The Morgan fingerprint density at radius 2 is 1.89 bits per heavy atom. The van der Waals surface area contributed by atoms with Crippen LogP contribution in [0.3, 0.4) is 0 Å². The lowest BCUT2D eigenvalue weighted by atomic mass is 9.86. The minimum absolute atomic E-state index is 0.0526. The van der Waals surface area contributed by atoms with Crippen molar-refractivity contribution < 1.29 is 14.7 Å². The number of hydrogen-bond acceptors (Lipinski definition) is 2. The molecule has 18 heavy (non-hydrogen) atoms. The normalized spacial score (nSPS) is 25.2. The zero-order valence-electron chi connectivity index (χ0n) is 11.2. The zero-order chi connectivity index (χ0) is 13.7. The van der Waals surface area contributed by atoms with Crippen LogP contribution in [0.25, 0.3) is 0 Å². The van der Waals surface area contributed by atoms with E-state index in [-0.39, 0.29) is 23.8 Å². The van der Waals surface area contributed by atoms with Gasteiger partial charge in [-0.3, -0.25) is 9.59 Å². The van der Waals surface area contributed by atoms with Gasteiger partial charge < -0.3 is 10.4 Å². The van der Waals surface area contributed by atoms with Crippen molar-refractivity contribution in [1.29, 1.82) is 0 Å². The molecule has 0 aromatic heterocycles. The molecule has 4 heteroatoms. The molecule has 1 aliphatic rings. The maximum atomic E-state index is 11.9. The lowest BCUT2D eigenvalue weighted by Crippen LogP contribution is -2.41. The number of allylic oxidation sites excluding steroid dienone is 1. The summed E-state index contributed by atoms with van der Waals surface area (Å²) in [5.74, 6) is -0.946. The van der Waals surface area contributed by atoms with Crippen molar-refractivity contribution in [1.82, 2.24) is 5.32 Å². The van der Waals surface area contributed by atoms with E-state index >= 15 is 0 Å². The standard InChI is InChI=1S/C14H23NO3/c1-9(2)8-10(3)13(16)15-12-6-4-11(5-7-12)14(17)18/h10-12H,1,4-8H2,2-3H3,(H,15,16)(H,17,18). The van der Waals surface area contributed by atoms with E-state index in [0.717, 1.165) is 18.4 Å². The summed E-state index contributed by atoms with van der Waals surface area (Å²) in [6, 6.07) is 0.140. The highest BCUT2D eigenvalue weighted by atomic mass is 16.4. The summed E-state index contributed by atoms with van der Waals surface area (Å²) < 4.78 is 0. The highest BCUT2D eigenvalue weighted by molar-refractivity contribution is 5.79. The first-order valence-corrected chi connectivity index (χ1v) is 6.57. The van der Waals surface area contributed by atoms with Gasteiger partial charge in [-0.15, -0.1) is 6.58 Å². The number of aliphatic carboxylic acids is 1. The zero-order valence-corrected chi connectivity index (χ0v) is 11.2. The van der Waals surface area contributed by atoms with Gasteiger partial charge in [0.05, 0.1) is 5.92 Å². The monoisotopic (exact) mass is 253 g/mol. The van der Waals surface area contributed by atoms with Gasteiger partial charge in [0.15, 0.2) is 0 Å². The van der Waals surface area contributed by atoms with Gasteiger partial charge in [0, 0.05) is 12.0 Å². The molecule has 1 unspecified atom stereocenters. The van der Waals surface area contributed by atoms with Crippen LogP contribution in [0.5, 0.6) is 0 Å². The van der Waals surface area contributed by atoms with Gasteiger partial charge in [0.1, 0.15) is 0 Å². The molecule has 0 aromatic rings. The Labute approximate surface area is 108 Å². The molecule has 4 nitrogen and oxygen atoms in total. The number of carbonyl (C=O) groups is 2. The van der Waals surface area contributed by atoms with Gasteiger partial charge in [-0.1, -0.05) is 12.5 Å². The fraction of sp³-hybridized carbons (Fsp3) is 0.714. The molecule has 0 aliphatic heterocycles. The largest absolute Gasteiger partial charge is 0.481 e. The molecule has 0 aromatic carbocycles. The number of nitrogens with one attached hydrogen (secondary N) is 1. The van der Waals surface area contributed by atoms with E-state index in [2.05, 4.69) is 11.9 Å². The minimum atomic E-state index is -0.713. The maximum absolute atomic E-state index is 11.9. The maximum Gasteiger partial charge on any atom is 0.306 e. The summed E-state index contributed by atoms with van der Waals surface area (Å²) >= 11 is 0. The van der Waals surface area contributed by atoms with Gasteiger partial charge in [0.25, 0.3) is 0 Å². The number of amides is 1. The second kappa shape index (κ2) is 6.57. The lowest BCUT2D eigenvalue weighted by molar-refractivity contribution is -0.142. The Balaban J connectivity index is 2.34. The summed E-state index contributed by atoms with van der Waals surface area (Å²) in [5, 5.41) is 11.9. The van der Waals surface area contributed by atoms with Crippen molar-refractivity contribution >= 4 is 11.9 Å². The van der Waals surface area contributed by atoms with Crippen LogP contribution in [-0.2, 0) is 9.59 Å². The first-order chi connectivity index (χ1) is 8.40. The summed E-state index contributed by atoms with van der Waals surface area (Å²) in [5.41, 5.74) is 1.01. The molecule has 0 saturated heterocycles. The predicted octanol–water partition coefficient (Wildman–Crippen LogP) is 2.35. The van der Waals surface area contributed by atoms with Crippen molar-refractivity contribution in [3.05, 3.63) is 12.2 Å². The van der Waals surface area contributed by atoms with Crippen LogP contribution in [0, 0.1) is 11.8 Å². The Morgan fingerprint density at radius 3 is 2.33 bits per heavy atom. The molecule has 0 heterocycles. The summed E-state index contributed by atoms with van der Waals surface area (Å²) in [4.78, 5) is 22.7. The van der Waals surface area contributed by atoms with Gasteiger partial charge >= 0.3 is 5.97 Å². The number of carbonyl (C=O) groups excluding carboxylic acids is 1. The van der Waals surface area contributed by atoms with Crippen LogP contribution in [0.1, 0.15) is 46.0 Å². The molecular formula is C14H23NO3. The Hall–Kier alpha value is -1.32. The van der Waals surface area contributed by atoms with E-state index in [1.807, 2.05) is 13.8 Å². The van der Waals surface area contributed by atoms with E-state index in [0.29, 0.717) is 19.3 Å². The lowest BCUT2D eigenvalue weighted by Gasteiger charge is -2.27. The summed E-state index contributed by atoms with van der Waals surface area (Å²) in [6.45, 7) is 7.62. The average Bonchev–Trinajstić information content (AvgIpc) is 2.28. The third-order valence-electron chi connectivity index (χ3n) is 3.53. The molecule has 1 aliphatic carbocycles. The molecule has 1 atom stereocenters. The molecule has 1 rings (SSSR count). The first kappa shape index (κ1) is 14.7. The van der Waals surface area contributed by atoms with Crippen LogP contribution in [0.2, 0.25) is 0 Å². The second-order valence-corrected chi connectivity index (χ2v) is 5.46. The third-order valence-corrected chi connectivity index (χ3v) is 3.53. The molecule has 1 amide bonds. The van der Waals surface area contributed by atoms with E-state index in [1.54, 1.807) is 0 Å². The van der Waals surface area contributed by atoms with Gasteiger partial charge in [-0.25, -0.2) is 0 Å². The van der Waals surface area contributed by atoms with Crippen molar-refractivity contribution in [3.63, 3.8) is 0 Å².